The van der Waals surface area contributed by atoms with Crippen LogP contribution in [0, 0.1) is 0 Å². The van der Waals surface area contributed by atoms with E-state index in [0.29, 0.717) is 0 Å². The third-order valence-electron chi connectivity index (χ3n) is 2.13. The van der Waals surface area contributed by atoms with Gasteiger partial charge in [-0.3, -0.25) is 4.90 Å². The van der Waals surface area contributed by atoms with Gasteiger partial charge in [0.25, 0.3) is 0 Å². The number of hydrogen-bond acceptors (Lipinski definition) is 3. The molecule has 6 nitrogen and oxygen atoms in total. The van der Waals surface area contributed by atoms with Gasteiger partial charge < -0.3 is 14.9 Å². The molecule has 0 saturated carbocycles. The molecule has 1 aliphatic rings. The van der Waals surface area contributed by atoms with Crippen molar-refractivity contribution in [2.75, 3.05) is 13.7 Å². The number of likely N-dealkylation sites (tertiary alicyclic amines) is 1. The number of carboxylic acids is 1. The molecule has 1 fully saturated rings. The van der Waals surface area contributed by atoms with E-state index in [0.717, 1.165) is 4.90 Å². The number of rotatable bonds is 2. The largest absolute Gasteiger partial charge is 0.480 e. The highest BCUT2D eigenvalue weighted by atomic mass is 16.5. The summed E-state index contributed by atoms with van der Waals surface area (Å²) in [5.74, 6) is -1.12. The Labute approximate surface area is 74.7 Å². The first-order valence-corrected chi connectivity index (χ1v) is 3.81. The Balaban J connectivity index is 2.71. The first-order chi connectivity index (χ1) is 6.06. The molecule has 0 aromatic carbocycles. The van der Waals surface area contributed by atoms with Gasteiger partial charge in [-0.15, -0.1) is 0 Å². The highest BCUT2D eigenvalue weighted by Crippen LogP contribution is 2.19. The average Bonchev–Trinajstić information content (AvgIpc) is 2.47. The summed E-state index contributed by atoms with van der Waals surface area (Å²) in [6.45, 7) is 0.128. The Kier molecular flexibility index (Phi) is 2.72. The molecule has 0 aliphatic carbocycles. The van der Waals surface area contributed by atoms with E-state index in [-0.39, 0.29) is 19.1 Å². The van der Waals surface area contributed by atoms with Crippen molar-refractivity contribution in [3.05, 3.63) is 0 Å². The van der Waals surface area contributed by atoms with Crippen molar-refractivity contribution in [3.63, 3.8) is 0 Å². The van der Waals surface area contributed by atoms with Crippen molar-refractivity contribution >= 4 is 12.1 Å². The highest BCUT2D eigenvalue weighted by molar-refractivity contribution is 5.80. The molecule has 13 heavy (non-hydrogen) atoms. The number of carboxylic acid groups (broad SMARTS) is 2. The first kappa shape index (κ1) is 9.79. The van der Waals surface area contributed by atoms with Crippen LogP contribution in [0.5, 0.6) is 0 Å². The normalized spacial score (nSPS) is 27.6. The molecular weight excluding hydrogens is 178 g/mol. The van der Waals surface area contributed by atoms with E-state index < -0.39 is 18.1 Å². The van der Waals surface area contributed by atoms with Crippen LogP contribution in [-0.4, -0.2) is 53.0 Å². The number of carbonyl (C=O) groups is 2. The van der Waals surface area contributed by atoms with Gasteiger partial charge in [-0.2, -0.15) is 0 Å². The maximum Gasteiger partial charge on any atom is 0.408 e. The molecule has 1 amide bonds. The molecule has 1 rings (SSSR count). The van der Waals surface area contributed by atoms with Crippen LogP contribution in [0.1, 0.15) is 6.42 Å². The summed E-state index contributed by atoms with van der Waals surface area (Å²) in [5.41, 5.74) is 0. The molecule has 74 valence electrons. The molecule has 0 aromatic heterocycles. The molecule has 1 saturated heterocycles. The van der Waals surface area contributed by atoms with Crippen molar-refractivity contribution < 1.29 is 24.5 Å². The molecule has 0 spiro atoms. The van der Waals surface area contributed by atoms with E-state index in [1.54, 1.807) is 0 Å². The van der Waals surface area contributed by atoms with Crippen molar-refractivity contribution in [2.24, 2.45) is 0 Å². The SMILES string of the molecule is CO[C@@H]1C[C@@H](C(=O)O)N(C(=O)O)C1. The maximum atomic E-state index is 10.6. The topological polar surface area (TPSA) is 87.1 Å². The van der Waals surface area contributed by atoms with Gasteiger partial charge in [0, 0.05) is 13.5 Å². The Bertz CT molecular complexity index is 207. The van der Waals surface area contributed by atoms with E-state index in [1.807, 2.05) is 0 Å². The second-order valence-corrected chi connectivity index (χ2v) is 2.88. The van der Waals surface area contributed by atoms with Gasteiger partial charge in [0.15, 0.2) is 0 Å². The molecule has 2 N–H and O–H groups in total. The fraction of sp³-hybridized carbons (Fsp3) is 0.714. The fourth-order valence-corrected chi connectivity index (χ4v) is 1.41. The van der Waals surface area contributed by atoms with Gasteiger partial charge in [0.05, 0.1) is 12.6 Å². The van der Waals surface area contributed by atoms with Gasteiger partial charge in [-0.05, 0) is 0 Å². The number of nitrogens with zero attached hydrogens (tertiary/aromatic N) is 1. The Morgan fingerprint density at radius 1 is 1.46 bits per heavy atom. The molecule has 6 heteroatoms. The van der Waals surface area contributed by atoms with Crippen molar-refractivity contribution in [1.29, 1.82) is 0 Å². The number of hydrogen-bond donors (Lipinski definition) is 2. The Morgan fingerprint density at radius 3 is 2.38 bits per heavy atom. The van der Waals surface area contributed by atoms with Crippen LogP contribution < -0.4 is 0 Å². The van der Waals surface area contributed by atoms with Crippen molar-refractivity contribution in [2.45, 2.75) is 18.6 Å². The molecule has 0 radical (unpaired) electrons. The van der Waals surface area contributed by atoms with E-state index in [4.69, 9.17) is 14.9 Å². The zero-order valence-corrected chi connectivity index (χ0v) is 7.14. The summed E-state index contributed by atoms with van der Waals surface area (Å²) in [4.78, 5) is 22.1. The monoisotopic (exact) mass is 189 g/mol. The standard InChI is InChI=1S/C7H11NO5/c1-13-4-2-5(6(9)10)8(3-4)7(11)12/h4-5H,2-3H2,1H3,(H,9,10)(H,11,12)/t4-,5+/m1/s1. The lowest BCUT2D eigenvalue weighted by Crippen LogP contribution is -2.39. The van der Waals surface area contributed by atoms with Crippen LogP contribution >= 0.6 is 0 Å². The molecule has 0 unspecified atom stereocenters. The predicted octanol–water partition coefficient (Wildman–Crippen LogP) is -0.162. The summed E-state index contributed by atoms with van der Waals surface area (Å²) < 4.78 is 4.90. The minimum absolute atomic E-state index is 0.128. The molecule has 1 aliphatic heterocycles. The number of methoxy groups -OCH3 is 1. The number of ether oxygens (including phenoxy) is 1. The lowest BCUT2D eigenvalue weighted by atomic mass is 10.2. The first-order valence-electron chi connectivity index (χ1n) is 3.81. The van der Waals surface area contributed by atoms with Crippen LogP contribution in [0.4, 0.5) is 4.79 Å². The van der Waals surface area contributed by atoms with Crippen LogP contribution in [0.25, 0.3) is 0 Å². The lowest BCUT2D eigenvalue weighted by molar-refractivity contribution is -0.141. The quantitative estimate of drug-likeness (QED) is 0.630. The second-order valence-electron chi connectivity index (χ2n) is 2.88. The fourth-order valence-electron chi connectivity index (χ4n) is 1.41. The van der Waals surface area contributed by atoms with E-state index in [1.165, 1.54) is 7.11 Å². The predicted molar refractivity (Wildman–Crippen MR) is 41.6 cm³/mol. The maximum absolute atomic E-state index is 10.6. The smallest absolute Gasteiger partial charge is 0.408 e. The lowest BCUT2D eigenvalue weighted by Gasteiger charge is -2.16. The highest BCUT2D eigenvalue weighted by Gasteiger charge is 2.39. The zero-order valence-electron chi connectivity index (χ0n) is 7.14. The van der Waals surface area contributed by atoms with Gasteiger partial charge in [0.2, 0.25) is 0 Å². The molecule has 0 aromatic rings. The van der Waals surface area contributed by atoms with E-state index >= 15 is 0 Å². The van der Waals surface area contributed by atoms with Gasteiger partial charge in [-0.1, -0.05) is 0 Å². The average molecular weight is 189 g/mol. The summed E-state index contributed by atoms with van der Waals surface area (Å²) in [7, 11) is 1.44. The zero-order chi connectivity index (χ0) is 10.0. The number of aliphatic carboxylic acids is 1. The summed E-state index contributed by atoms with van der Waals surface area (Å²) >= 11 is 0. The van der Waals surface area contributed by atoms with Gasteiger partial charge in [0.1, 0.15) is 6.04 Å². The van der Waals surface area contributed by atoms with Crippen LogP contribution in [0.3, 0.4) is 0 Å². The van der Waals surface area contributed by atoms with Gasteiger partial charge >= 0.3 is 12.1 Å². The van der Waals surface area contributed by atoms with Crippen molar-refractivity contribution in [3.8, 4) is 0 Å². The second kappa shape index (κ2) is 3.61. The minimum atomic E-state index is -1.22. The van der Waals surface area contributed by atoms with E-state index in [2.05, 4.69) is 0 Å². The molecule has 2 atom stereocenters. The summed E-state index contributed by atoms with van der Waals surface area (Å²) in [6, 6.07) is -0.970. The summed E-state index contributed by atoms with van der Waals surface area (Å²) in [5, 5.41) is 17.3. The third-order valence-corrected chi connectivity index (χ3v) is 2.13. The van der Waals surface area contributed by atoms with Crippen LogP contribution in [-0.2, 0) is 9.53 Å². The molecule has 0 bridgehead atoms. The Hall–Kier alpha value is -1.30. The van der Waals surface area contributed by atoms with Crippen LogP contribution in [0.15, 0.2) is 0 Å². The third kappa shape index (κ3) is 1.89. The van der Waals surface area contributed by atoms with E-state index in [9.17, 15) is 9.59 Å². The van der Waals surface area contributed by atoms with Crippen LogP contribution in [0.2, 0.25) is 0 Å². The number of amides is 1. The Morgan fingerprint density at radius 2 is 2.08 bits per heavy atom. The molecule has 1 heterocycles. The van der Waals surface area contributed by atoms with Gasteiger partial charge in [-0.25, -0.2) is 9.59 Å². The summed E-state index contributed by atoms with van der Waals surface area (Å²) in [6.07, 6.45) is -1.30. The molecular formula is C7H11NO5. The minimum Gasteiger partial charge on any atom is -0.480 e. The van der Waals surface area contributed by atoms with Crippen molar-refractivity contribution in [1.82, 2.24) is 4.90 Å².